The standard InChI is InChI=1S/C17H28BN3O4.C17H13ClF2N6O.C15H18FN5O2.C10H10FN5.C6H5ClFN.C4H2ClFN2/c1-15(2,3)23-14(22)20-8-9-21-13(11-20)12(10-19-21)18-24-16(4,5)17(6,7)25-18;18-13-5-11(1-2-14(13)20)24-17(27)25-3-4-26-15(9-25)12(8-23-26)16-21-6-10(19)7-22-16;1-15(2,3)23-14(22)20-4-5-21-12(9-20)11(8-19-21)13-17-6-10(16)7-18-13;11-7-3-13-10(14-4-7)8-5-15-16-2-1-12-6-9(8)16;7-5-3-4(9)1-2-6(5)8;5-4-7-1-3(6)2-8-4/h10H,8-9,11H2,1-7H3;1-2,5-8H,3-4,9H2,(H,24,27);6-8H,4-5,9H2,1-3H3;3-5,12H,1-2,6H2;1-3H,9H2;1-2H. The first-order valence-corrected chi connectivity index (χ1v) is 34.7. The van der Waals surface area contributed by atoms with Crippen LogP contribution in [0.4, 0.5) is 52.1 Å². The second-order valence-corrected chi connectivity index (χ2v) is 28.7. The second-order valence-electron chi connectivity index (χ2n) is 27.5. The van der Waals surface area contributed by atoms with Crippen LogP contribution in [0.1, 0.15) is 92.0 Å². The van der Waals surface area contributed by atoms with E-state index in [-0.39, 0.29) is 40.1 Å². The number of nitrogens with two attached hydrogens (primary N) is 1. The summed E-state index contributed by atoms with van der Waals surface area (Å²) in [4.78, 5) is 72.7. The molecule has 4 amide bonds. The SMILES string of the molecule is CC(C)(C)OC(=O)N1CCn2ncc(-c3ncc(F)cn3)c2C1.CC(C)(C)OC(=O)N1CCn2ncc(B3OC(C)(C)C(C)(C)O3)c2C1.Fc1cnc(-c2cnn3c2CNCC3)nc1.Fc1cnc(Cl)nc1.Nc1ccc(F)c(Cl)c1.O=C(Nc1ccc(F)c(Cl)c1)N1CCn2ncc(-c3ncc(F)cn3)c2C1. The molecule has 0 spiro atoms. The van der Waals surface area contributed by atoms with Gasteiger partial charge in [-0.05, 0) is 117 Å². The van der Waals surface area contributed by atoms with E-state index < -0.39 is 64.4 Å². The first kappa shape index (κ1) is 80.2. The number of nitrogen functional groups attached to an aromatic ring is 1. The third-order valence-corrected chi connectivity index (χ3v) is 17.5. The fourth-order valence-electron chi connectivity index (χ4n) is 10.7. The molecule has 29 nitrogen and oxygen atoms in total. The Bertz CT molecular complexity index is 4740. The fourth-order valence-corrected chi connectivity index (χ4v) is 11.2. The Morgan fingerprint density at radius 2 is 0.880 bits per heavy atom. The molecule has 5 aliphatic heterocycles. The Morgan fingerprint density at radius 1 is 0.500 bits per heavy atom. The zero-order chi connectivity index (χ0) is 78.0. The maximum absolute atomic E-state index is 13.3. The monoisotopic (exact) mass is 1550 g/mol. The van der Waals surface area contributed by atoms with Crippen molar-refractivity contribution in [1.29, 1.82) is 0 Å². The third kappa shape index (κ3) is 20.8. The van der Waals surface area contributed by atoms with Crippen LogP contribution in [-0.2, 0) is 71.1 Å². The van der Waals surface area contributed by atoms with Crippen LogP contribution < -0.4 is 21.8 Å². The van der Waals surface area contributed by atoms with Gasteiger partial charge in [0.05, 0.1) is 175 Å². The fraction of sp³-hybridized carbons (Fsp3) is 0.377. The zero-order valence-corrected chi connectivity index (χ0v) is 62.6. The minimum absolute atomic E-state index is 0.0615. The summed E-state index contributed by atoms with van der Waals surface area (Å²) in [5.41, 5.74) is 10.9. The van der Waals surface area contributed by atoms with Crippen LogP contribution in [0.15, 0.2) is 111 Å². The molecule has 0 atom stereocenters. The van der Waals surface area contributed by atoms with E-state index in [0.29, 0.717) is 92.3 Å². The lowest BCUT2D eigenvalue weighted by atomic mass is 9.79. The number of rotatable bonds is 5. The predicted molar refractivity (Wildman–Crippen MR) is 386 cm³/mol. The summed E-state index contributed by atoms with van der Waals surface area (Å²) < 4.78 is 107. The largest absolute Gasteiger partial charge is 0.498 e. The minimum atomic E-state index is -0.555. The summed E-state index contributed by atoms with van der Waals surface area (Å²) in [5.74, 6) is -1.68. The van der Waals surface area contributed by atoms with E-state index in [1.54, 1.807) is 44.2 Å². The number of benzene rings is 2. The summed E-state index contributed by atoms with van der Waals surface area (Å²) in [5, 5.41) is 23.3. The van der Waals surface area contributed by atoms with Crippen molar-refractivity contribution in [3.63, 3.8) is 0 Å². The molecule has 0 saturated carbocycles. The van der Waals surface area contributed by atoms with E-state index in [9.17, 15) is 40.7 Å². The van der Waals surface area contributed by atoms with Crippen molar-refractivity contribution in [2.75, 3.05) is 37.2 Å². The first-order valence-electron chi connectivity index (χ1n) is 33.6. The van der Waals surface area contributed by atoms with Crippen molar-refractivity contribution in [3.05, 3.63) is 184 Å². The van der Waals surface area contributed by atoms with Crippen molar-refractivity contribution in [2.24, 2.45) is 0 Å². The highest BCUT2D eigenvalue weighted by atomic mass is 35.5. The van der Waals surface area contributed by atoms with Crippen LogP contribution in [-0.4, -0.2) is 168 Å². The van der Waals surface area contributed by atoms with E-state index in [1.807, 2.05) is 83.3 Å². The van der Waals surface area contributed by atoms with Crippen LogP contribution >= 0.6 is 34.8 Å². The molecule has 13 heterocycles. The molecular weight excluding hydrogens is 1480 g/mol. The van der Waals surface area contributed by atoms with Gasteiger partial charge in [-0.3, -0.25) is 18.7 Å². The topological polar surface area (TPSA) is 322 Å². The Labute approximate surface area is 631 Å². The molecule has 2 aromatic carbocycles. The maximum Gasteiger partial charge on any atom is 0.498 e. The predicted octanol–water partition coefficient (Wildman–Crippen LogP) is 11.4. The number of urea groups is 1. The van der Waals surface area contributed by atoms with E-state index >= 15 is 0 Å². The normalized spacial score (nSPS) is 15.2. The molecular formula is C69H76BCl3F6N22O7. The molecule has 0 aliphatic carbocycles. The number of amides is 4. The number of carbonyl (C=O) groups excluding carboxylic acids is 3. The number of halogens is 9. The Balaban J connectivity index is 0.000000144. The number of hydrogen-bond donors (Lipinski definition) is 3. The molecule has 1 saturated heterocycles. The second kappa shape index (κ2) is 34.2. The highest BCUT2D eigenvalue weighted by Gasteiger charge is 2.53. The van der Waals surface area contributed by atoms with Crippen molar-refractivity contribution < 1.29 is 59.5 Å². The quantitative estimate of drug-likeness (QED) is 0.0624. The van der Waals surface area contributed by atoms with E-state index in [0.717, 1.165) is 90.6 Å². The van der Waals surface area contributed by atoms with Gasteiger partial charge in [0, 0.05) is 55.8 Å². The molecule has 1 fully saturated rings. The van der Waals surface area contributed by atoms with Crippen LogP contribution in [0.25, 0.3) is 34.2 Å². The number of hydrogen-bond acceptors (Lipinski definition) is 21. The van der Waals surface area contributed by atoms with Crippen molar-refractivity contribution in [1.82, 2.24) is 99.0 Å². The summed E-state index contributed by atoms with van der Waals surface area (Å²) in [7, 11) is -0.479. The maximum atomic E-state index is 13.3. The van der Waals surface area contributed by atoms with E-state index in [4.69, 9.17) is 59.3 Å². The minimum Gasteiger partial charge on any atom is -0.444 e. The van der Waals surface area contributed by atoms with Gasteiger partial charge in [-0.25, -0.2) is 80.6 Å². The summed E-state index contributed by atoms with van der Waals surface area (Å²) in [6.45, 7) is 26.0. The average molecular weight is 1560 g/mol. The number of fused-ring (bicyclic) bond motifs is 4. The summed E-state index contributed by atoms with van der Waals surface area (Å²) in [6, 6.07) is 7.69. The molecule has 0 radical (unpaired) electrons. The van der Waals surface area contributed by atoms with Crippen molar-refractivity contribution in [3.8, 4) is 34.2 Å². The third-order valence-electron chi connectivity index (χ3n) is 16.8. The van der Waals surface area contributed by atoms with Crippen LogP contribution in [0.5, 0.6) is 0 Å². The molecule has 108 heavy (non-hydrogen) atoms. The molecule has 570 valence electrons. The molecule has 39 heteroatoms. The van der Waals surface area contributed by atoms with Gasteiger partial charge in [0.25, 0.3) is 0 Å². The molecule has 8 aromatic heterocycles. The van der Waals surface area contributed by atoms with Gasteiger partial charge in [0.1, 0.15) is 22.8 Å². The Kier molecular flexibility index (Phi) is 25.4. The molecule has 5 aliphatic rings. The van der Waals surface area contributed by atoms with Crippen LogP contribution in [0.2, 0.25) is 15.3 Å². The number of nitrogens with zero attached hydrogens (tertiary/aromatic N) is 19. The van der Waals surface area contributed by atoms with E-state index in [2.05, 4.69) is 70.9 Å². The molecule has 10 aromatic rings. The first-order chi connectivity index (χ1) is 51.1. The lowest BCUT2D eigenvalue weighted by Gasteiger charge is -2.32. The number of carbonyl (C=O) groups is 3. The number of ether oxygens (including phenoxy) is 2. The molecule has 0 unspecified atom stereocenters. The highest BCUT2D eigenvalue weighted by Crippen LogP contribution is 2.37. The van der Waals surface area contributed by atoms with Gasteiger partial charge in [-0.1, -0.05) is 23.2 Å². The number of aromatic nitrogens is 16. The van der Waals surface area contributed by atoms with E-state index in [1.165, 1.54) is 48.8 Å². The molecule has 0 bridgehead atoms. The van der Waals surface area contributed by atoms with Crippen LogP contribution in [0, 0.1) is 34.9 Å². The van der Waals surface area contributed by atoms with Gasteiger partial charge in [-0.15, -0.1) is 0 Å². The number of nitrogens with one attached hydrogen (secondary N) is 2. The average Bonchev–Trinajstić information content (AvgIpc) is 1.61. The van der Waals surface area contributed by atoms with Gasteiger partial charge >= 0.3 is 25.3 Å². The van der Waals surface area contributed by atoms with Gasteiger partial charge in [0.2, 0.25) is 5.28 Å². The lowest BCUT2D eigenvalue weighted by Crippen LogP contribution is -2.45. The molecule has 15 rings (SSSR count). The Hall–Kier alpha value is -10.4. The van der Waals surface area contributed by atoms with Crippen molar-refractivity contribution >= 4 is 77.0 Å². The zero-order valence-electron chi connectivity index (χ0n) is 60.3. The summed E-state index contributed by atoms with van der Waals surface area (Å²) >= 11 is 16.3. The van der Waals surface area contributed by atoms with Gasteiger partial charge in [0.15, 0.2) is 40.7 Å². The highest BCUT2D eigenvalue weighted by molar-refractivity contribution is 6.62. The summed E-state index contributed by atoms with van der Waals surface area (Å²) in [6.07, 6.45) is 14.8. The smallest absolute Gasteiger partial charge is 0.444 e. The Morgan fingerprint density at radius 3 is 1.31 bits per heavy atom. The van der Waals surface area contributed by atoms with Crippen LogP contribution in [0.3, 0.4) is 0 Å². The van der Waals surface area contributed by atoms with Crippen molar-refractivity contribution in [2.45, 2.75) is 144 Å². The molecule has 4 N–H and O–H groups in total. The van der Waals surface area contributed by atoms with Gasteiger partial charge < -0.3 is 49.8 Å². The number of anilines is 2. The lowest BCUT2D eigenvalue weighted by molar-refractivity contribution is 0.00578. The van der Waals surface area contributed by atoms with Gasteiger partial charge in [-0.2, -0.15) is 20.4 Å².